The molecule has 0 aromatic heterocycles. The summed E-state index contributed by atoms with van der Waals surface area (Å²) in [6.07, 6.45) is 0.144. The summed E-state index contributed by atoms with van der Waals surface area (Å²) < 4.78 is 34.7. The third kappa shape index (κ3) is 8.90. The Labute approximate surface area is 285 Å². The predicted octanol–water partition coefficient (Wildman–Crippen LogP) is 5.93. The number of halogens is 1. The van der Waals surface area contributed by atoms with Gasteiger partial charge in [0.1, 0.15) is 18.3 Å². The average molecular weight is 693 g/mol. The van der Waals surface area contributed by atoms with Crippen molar-refractivity contribution in [2.75, 3.05) is 18.0 Å². The average Bonchev–Trinajstić information content (AvgIpc) is 3.05. The highest BCUT2D eigenvalue weighted by Crippen LogP contribution is 2.30. The first-order valence-corrected chi connectivity index (χ1v) is 16.9. The number of anilines is 1. The van der Waals surface area contributed by atoms with Crippen LogP contribution in [0.4, 0.5) is 11.4 Å². The first-order valence-electron chi connectivity index (χ1n) is 15.1. The molecule has 1 unspecified atom stereocenters. The molecule has 0 spiro atoms. The van der Waals surface area contributed by atoms with Crippen molar-refractivity contribution in [2.45, 2.75) is 50.7 Å². The zero-order valence-electron chi connectivity index (χ0n) is 27.0. The Morgan fingerprint density at radius 2 is 1.60 bits per heavy atom. The molecular weight excluding hydrogens is 656 g/mol. The first-order chi connectivity index (χ1) is 22.8. The number of aryl methyl sites for hydroxylation is 1. The molecule has 252 valence electrons. The van der Waals surface area contributed by atoms with E-state index < -0.39 is 39.3 Å². The number of sulfonamides is 1. The molecule has 0 aliphatic carbocycles. The molecule has 0 aliphatic heterocycles. The second kappa shape index (κ2) is 15.8. The molecule has 4 aromatic carbocycles. The Hall–Kier alpha value is -4.94. The van der Waals surface area contributed by atoms with E-state index in [1.54, 1.807) is 38.1 Å². The van der Waals surface area contributed by atoms with Gasteiger partial charge in [0.15, 0.2) is 0 Å². The maximum Gasteiger partial charge on any atom is 0.273 e. The molecule has 4 rings (SSSR count). The number of nitrogens with zero attached hydrogens (tertiary/aromatic N) is 3. The van der Waals surface area contributed by atoms with Gasteiger partial charge in [0.2, 0.25) is 11.8 Å². The van der Waals surface area contributed by atoms with Crippen molar-refractivity contribution < 1.29 is 27.7 Å². The van der Waals surface area contributed by atoms with Crippen molar-refractivity contribution in [1.82, 2.24) is 10.2 Å². The number of nitrogens with one attached hydrogen (secondary N) is 1. The Morgan fingerprint density at radius 1 is 0.938 bits per heavy atom. The zero-order valence-corrected chi connectivity index (χ0v) is 28.6. The lowest BCUT2D eigenvalue weighted by molar-refractivity contribution is -0.385. The van der Waals surface area contributed by atoms with Crippen LogP contribution >= 0.6 is 11.6 Å². The fourth-order valence-electron chi connectivity index (χ4n) is 5.12. The van der Waals surface area contributed by atoms with E-state index in [2.05, 4.69) is 5.32 Å². The van der Waals surface area contributed by atoms with E-state index in [9.17, 15) is 28.1 Å². The molecule has 0 saturated heterocycles. The number of hydrogen-bond acceptors (Lipinski definition) is 7. The molecule has 13 heteroatoms. The van der Waals surface area contributed by atoms with Gasteiger partial charge in [0, 0.05) is 35.7 Å². The summed E-state index contributed by atoms with van der Waals surface area (Å²) in [6, 6.07) is 24.3. The number of carbonyl (C=O) groups excluding carboxylic acids is 2. The highest BCUT2D eigenvalue weighted by Gasteiger charge is 2.35. The molecular formula is C35H37ClN4O7S. The standard InChI is InChI=1S/C35H37ClN4O7S/c1-24(2)37-35(42)33(20-26-9-6-5-7-10-26)38(22-27-11-8-12-28(36)19-27)34(41)23-39(29-14-16-30(47-4)17-15-29)48(45,46)31-18-13-25(3)32(21-31)40(43)44/h5-19,21,24,33H,20,22-23H2,1-4H3,(H,37,42). The van der Waals surface area contributed by atoms with Gasteiger partial charge in [0.25, 0.3) is 15.7 Å². The second-order valence-corrected chi connectivity index (χ2v) is 13.7. The topological polar surface area (TPSA) is 139 Å². The van der Waals surface area contributed by atoms with Gasteiger partial charge in [-0.1, -0.05) is 60.1 Å². The van der Waals surface area contributed by atoms with E-state index >= 15 is 0 Å². The number of nitro benzene ring substituents is 1. The van der Waals surface area contributed by atoms with Crippen LogP contribution in [0.2, 0.25) is 5.02 Å². The third-order valence-electron chi connectivity index (χ3n) is 7.55. The van der Waals surface area contributed by atoms with Gasteiger partial charge < -0.3 is 15.0 Å². The van der Waals surface area contributed by atoms with E-state index in [4.69, 9.17) is 16.3 Å². The number of rotatable bonds is 14. The Bertz CT molecular complexity index is 1870. The van der Waals surface area contributed by atoms with Gasteiger partial charge >= 0.3 is 0 Å². The summed E-state index contributed by atoms with van der Waals surface area (Å²) in [5, 5.41) is 15.0. The maximum atomic E-state index is 14.5. The molecule has 0 bridgehead atoms. The Kier molecular flexibility index (Phi) is 11.8. The van der Waals surface area contributed by atoms with Crippen molar-refractivity contribution >= 4 is 44.8 Å². The van der Waals surface area contributed by atoms with E-state index in [-0.39, 0.29) is 40.8 Å². The van der Waals surface area contributed by atoms with Crippen LogP contribution in [0.25, 0.3) is 0 Å². The van der Waals surface area contributed by atoms with Crippen LogP contribution in [0.1, 0.15) is 30.5 Å². The van der Waals surface area contributed by atoms with Crippen molar-refractivity contribution in [2.24, 2.45) is 0 Å². The Balaban J connectivity index is 1.84. The minimum absolute atomic E-state index is 0.0606. The summed E-state index contributed by atoms with van der Waals surface area (Å²) in [6.45, 7) is 4.33. The molecule has 4 aromatic rings. The van der Waals surface area contributed by atoms with Crippen LogP contribution in [-0.4, -0.2) is 55.8 Å². The SMILES string of the molecule is COc1ccc(N(CC(=O)N(Cc2cccc(Cl)c2)C(Cc2ccccc2)C(=O)NC(C)C)S(=O)(=O)c2ccc(C)c([N+](=O)[O-])c2)cc1. The van der Waals surface area contributed by atoms with Crippen LogP contribution in [0, 0.1) is 17.0 Å². The van der Waals surface area contributed by atoms with Crippen LogP contribution < -0.4 is 14.4 Å². The molecule has 11 nitrogen and oxygen atoms in total. The van der Waals surface area contributed by atoms with Crippen molar-refractivity contribution in [3.63, 3.8) is 0 Å². The fraction of sp³-hybridized carbons (Fsp3) is 0.257. The summed E-state index contributed by atoms with van der Waals surface area (Å²) in [4.78, 5) is 40.4. The fourth-order valence-corrected chi connectivity index (χ4v) is 6.77. The number of hydrogen-bond donors (Lipinski definition) is 1. The van der Waals surface area contributed by atoms with E-state index in [0.29, 0.717) is 16.3 Å². The predicted molar refractivity (Wildman–Crippen MR) is 185 cm³/mol. The van der Waals surface area contributed by atoms with Crippen LogP contribution in [-0.2, 0) is 32.6 Å². The quantitative estimate of drug-likeness (QED) is 0.128. The highest BCUT2D eigenvalue weighted by molar-refractivity contribution is 7.92. The van der Waals surface area contributed by atoms with Gasteiger partial charge in [-0.05, 0) is 74.4 Å². The zero-order chi connectivity index (χ0) is 35.0. The summed E-state index contributed by atoms with van der Waals surface area (Å²) in [5.41, 5.74) is 1.42. The van der Waals surface area contributed by atoms with Crippen LogP contribution in [0.3, 0.4) is 0 Å². The molecule has 48 heavy (non-hydrogen) atoms. The molecule has 0 heterocycles. The van der Waals surface area contributed by atoms with Gasteiger partial charge in [0.05, 0.1) is 22.6 Å². The first kappa shape index (κ1) is 35.9. The van der Waals surface area contributed by atoms with E-state index in [1.165, 1.54) is 55.3 Å². The molecule has 1 N–H and O–H groups in total. The minimum atomic E-state index is -4.56. The lowest BCUT2D eigenvalue weighted by Crippen LogP contribution is -2.54. The molecule has 0 fully saturated rings. The molecule has 0 radical (unpaired) electrons. The van der Waals surface area contributed by atoms with Gasteiger partial charge in [-0.15, -0.1) is 0 Å². The van der Waals surface area contributed by atoms with E-state index in [1.807, 2.05) is 30.3 Å². The summed E-state index contributed by atoms with van der Waals surface area (Å²) in [5.74, 6) is -0.655. The smallest absolute Gasteiger partial charge is 0.273 e. The van der Waals surface area contributed by atoms with Crippen molar-refractivity contribution in [3.05, 3.63) is 129 Å². The van der Waals surface area contributed by atoms with Gasteiger partial charge in [-0.3, -0.25) is 24.0 Å². The number of nitro groups is 1. The van der Waals surface area contributed by atoms with Gasteiger partial charge in [-0.2, -0.15) is 0 Å². The number of amides is 2. The number of ether oxygens (including phenoxy) is 1. The third-order valence-corrected chi connectivity index (χ3v) is 9.55. The Morgan fingerprint density at radius 3 is 2.21 bits per heavy atom. The lowest BCUT2D eigenvalue weighted by Gasteiger charge is -2.34. The van der Waals surface area contributed by atoms with Gasteiger partial charge in [-0.25, -0.2) is 8.42 Å². The second-order valence-electron chi connectivity index (χ2n) is 11.4. The number of carbonyl (C=O) groups is 2. The van der Waals surface area contributed by atoms with Crippen molar-refractivity contribution in [3.8, 4) is 5.75 Å². The monoisotopic (exact) mass is 692 g/mol. The highest BCUT2D eigenvalue weighted by atomic mass is 35.5. The van der Waals surface area contributed by atoms with E-state index in [0.717, 1.165) is 15.9 Å². The van der Waals surface area contributed by atoms with Crippen LogP contribution in [0.15, 0.2) is 102 Å². The molecule has 2 amide bonds. The molecule has 0 saturated carbocycles. The minimum Gasteiger partial charge on any atom is -0.497 e. The maximum absolute atomic E-state index is 14.5. The molecule has 0 aliphatic rings. The lowest BCUT2D eigenvalue weighted by atomic mass is 10.0. The number of benzene rings is 4. The largest absolute Gasteiger partial charge is 0.497 e. The van der Waals surface area contributed by atoms with Crippen molar-refractivity contribution in [1.29, 1.82) is 0 Å². The summed E-state index contributed by atoms with van der Waals surface area (Å²) in [7, 11) is -3.10. The van der Waals surface area contributed by atoms with Crippen LogP contribution in [0.5, 0.6) is 5.75 Å². The number of methoxy groups -OCH3 is 1. The summed E-state index contributed by atoms with van der Waals surface area (Å²) >= 11 is 6.28. The molecule has 1 atom stereocenters. The normalized spacial score (nSPS) is 11.9.